The van der Waals surface area contributed by atoms with Crippen molar-refractivity contribution >= 4 is 23.2 Å². The molecule has 28 heavy (non-hydrogen) atoms. The molecule has 1 fully saturated rings. The quantitative estimate of drug-likeness (QED) is 0.600. The number of aliphatic hydroxyl groups is 2. The molecule has 0 radical (unpaired) electrons. The second-order valence-corrected chi connectivity index (χ2v) is 6.92. The van der Waals surface area contributed by atoms with E-state index < -0.39 is 29.9 Å². The number of amides is 1. The van der Waals surface area contributed by atoms with Gasteiger partial charge in [-0.05, 0) is 25.5 Å². The molecule has 0 bridgehead atoms. The summed E-state index contributed by atoms with van der Waals surface area (Å²) >= 11 is 0. The molecule has 2 aromatic rings. The first-order chi connectivity index (χ1) is 13.3. The van der Waals surface area contributed by atoms with Crippen molar-refractivity contribution < 1.29 is 29.3 Å². The number of esters is 1. The van der Waals surface area contributed by atoms with Gasteiger partial charge in [0.25, 0.3) is 0 Å². The Morgan fingerprint density at radius 3 is 2.82 bits per heavy atom. The van der Waals surface area contributed by atoms with Gasteiger partial charge in [0.15, 0.2) is 5.82 Å². The van der Waals surface area contributed by atoms with Crippen LogP contribution in [0.4, 0.5) is 5.82 Å². The lowest BCUT2D eigenvalue weighted by Gasteiger charge is -2.27. The molecule has 4 atom stereocenters. The van der Waals surface area contributed by atoms with Crippen LogP contribution < -0.4 is 5.32 Å². The molecular formula is C18H24N4O6. The lowest BCUT2D eigenvalue weighted by atomic mass is 9.93. The lowest BCUT2D eigenvalue weighted by molar-refractivity contribution is -0.149. The SMILES string of the molecule is CCCC(=O)Nc1ncnn2c([C@]3(C)O[C@H](COC(C)=O)[C@@H](O)[C@H]3O)ccc12. The molecule has 1 aliphatic heterocycles. The van der Waals surface area contributed by atoms with E-state index in [4.69, 9.17) is 9.47 Å². The van der Waals surface area contributed by atoms with Gasteiger partial charge in [-0.1, -0.05) is 6.92 Å². The van der Waals surface area contributed by atoms with Crippen LogP contribution in [0.2, 0.25) is 0 Å². The Bertz CT molecular complexity index is 884. The Morgan fingerprint density at radius 1 is 1.39 bits per heavy atom. The average Bonchev–Trinajstić information content (AvgIpc) is 3.17. The van der Waals surface area contributed by atoms with Crippen molar-refractivity contribution in [1.82, 2.24) is 14.6 Å². The number of hydrogen-bond acceptors (Lipinski definition) is 8. The fourth-order valence-corrected chi connectivity index (χ4v) is 3.35. The van der Waals surface area contributed by atoms with Crippen molar-refractivity contribution in [1.29, 1.82) is 0 Å². The number of aliphatic hydroxyl groups excluding tert-OH is 2. The van der Waals surface area contributed by atoms with Crippen LogP contribution in [-0.2, 0) is 24.7 Å². The van der Waals surface area contributed by atoms with Gasteiger partial charge in [0, 0.05) is 13.3 Å². The molecular weight excluding hydrogens is 368 g/mol. The van der Waals surface area contributed by atoms with Crippen LogP contribution in [-0.4, -0.2) is 61.6 Å². The van der Waals surface area contributed by atoms with Crippen molar-refractivity contribution in [2.24, 2.45) is 0 Å². The van der Waals surface area contributed by atoms with Gasteiger partial charge in [0.05, 0.1) is 5.69 Å². The predicted molar refractivity (Wildman–Crippen MR) is 97.4 cm³/mol. The second kappa shape index (κ2) is 7.82. The van der Waals surface area contributed by atoms with E-state index >= 15 is 0 Å². The summed E-state index contributed by atoms with van der Waals surface area (Å²) in [5.74, 6) is -0.328. The second-order valence-electron chi connectivity index (χ2n) is 6.92. The summed E-state index contributed by atoms with van der Waals surface area (Å²) in [7, 11) is 0. The Kier molecular flexibility index (Phi) is 5.64. The molecule has 3 N–H and O–H groups in total. The third kappa shape index (κ3) is 3.58. The fourth-order valence-electron chi connectivity index (χ4n) is 3.35. The highest BCUT2D eigenvalue weighted by Crippen LogP contribution is 2.40. The molecule has 3 heterocycles. The lowest BCUT2D eigenvalue weighted by Crippen LogP contribution is -2.39. The molecule has 10 heteroatoms. The van der Waals surface area contributed by atoms with E-state index in [9.17, 15) is 19.8 Å². The molecule has 0 aromatic carbocycles. The third-order valence-corrected chi connectivity index (χ3v) is 4.81. The fraction of sp³-hybridized carbons (Fsp3) is 0.556. The van der Waals surface area contributed by atoms with Gasteiger partial charge in [-0.25, -0.2) is 9.50 Å². The van der Waals surface area contributed by atoms with E-state index in [1.54, 1.807) is 19.1 Å². The van der Waals surface area contributed by atoms with Gasteiger partial charge >= 0.3 is 5.97 Å². The summed E-state index contributed by atoms with van der Waals surface area (Å²) in [6, 6.07) is 3.38. The van der Waals surface area contributed by atoms with E-state index in [0.717, 1.165) is 0 Å². The van der Waals surface area contributed by atoms with Gasteiger partial charge in [-0.3, -0.25) is 9.59 Å². The number of anilines is 1. The smallest absolute Gasteiger partial charge is 0.302 e. The summed E-state index contributed by atoms with van der Waals surface area (Å²) < 4.78 is 12.3. The summed E-state index contributed by atoms with van der Waals surface area (Å²) in [6.45, 7) is 4.60. The van der Waals surface area contributed by atoms with Crippen molar-refractivity contribution in [2.45, 2.75) is 57.5 Å². The van der Waals surface area contributed by atoms with Crippen LogP contribution in [0.1, 0.15) is 39.3 Å². The number of nitrogens with zero attached hydrogens (tertiary/aromatic N) is 3. The van der Waals surface area contributed by atoms with Crippen LogP contribution in [0.15, 0.2) is 18.5 Å². The van der Waals surface area contributed by atoms with Crippen molar-refractivity contribution in [2.75, 3.05) is 11.9 Å². The summed E-state index contributed by atoms with van der Waals surface area (Å²) in [5.41, 5.74) is -0.319. The van der Waals surface area contributed by atoms with Crippen molar-refractivity contribution in [3.63, 3.8) is 0 Å². The number of carbonyl (C=O) groups excluding carboxylic acids is 2. The predicted octanol–water partition coefficient (Wildman–Crippen LogP) is 0.367. The van der Waals surface area contributed by atoms with Crippen LogP contribution >= 0.6 is 0 Å². The first kappa shape index (κ1) is 20.2. The zero-order chi connectivity index (χ0) is 20.5. The molecule has 2 aromatic heterocycles. The van der Waals surface area contributed by atoms with Gasteiger partial charge in [0.1, 0.15) is 42.4 Å². The largest absolute Gasteiger partial charge is 0.463 e. The summed E-state index contributed by atoms with van der Waals surface area (Å²) in [5, 5.41) is 27.9. The van der Waals surface area contributed by atoms with E-state index in [1.165, 1.54) is 17.8 Å². The maximum absolute atomic E-state index is 11.9. The minimum absolute atomic E-state index is 0.161. The Labute approximate surface area is 161 Å². The molecule has 10 nitrogen and oxygen atoms in total. The van der Waals surface area contributed by atoms with Gasteiger partial charge in [-0.15, -0.1) is 0 Å². The first-order valence-corrected chi connectivity index (χ1v) is 9.08. The molecule has 1 amide bonds. The number of fused-ring (bicyclic) bond motifs is 1. The Balaban J connectivity index is 1.92. The molecule has 0 aliphatic carbocycles. The van der Waals surface area contributed by atoms with E-state index in [1.807, 2.05) is 6.92 Å². The highest BCUT2D eigenvalue weighted by Gasteiger charge is 2.53. The molecule has 3 rings (SSSR count). The minimum atomic E-state index is -1.31. The number of aromatic nitrogens is 3. The highest BCUT2D eigenvalue weighted by atomic mass is 16.6. The number of nitrogens with one attached hydrogen (secondary N) is 1. The summed E-state index contributed by atoms with van der Waals surface area (Å²) in [4.78, 5) is 27.1. The van der Waals surface area contributed by atoms with Crippen LogP contribution in [0, 0.1) is 0 Å². The molecule has 0 saturated carbocycles. The topological polar surface area (TPSA) is 135 Å². The van der Waals surface area contributed by atoms with E-state index in [0.29, 0.717) is 29.9 Å². The monoisotopic (exact) mass is 392 g/mol. The maximum atomic E-state index is 11.9. The highest BCUT2D eigenvalue weighted by molar-refractivity contribution is 5.93. The van der Waals surface area contributed by atoms with Gasteiger partial charge < -0.3 is 25.0 Å². The van der Waals surface area contributed by atoms with E-state index in [2.05, 4.69) is 15.4 Å². The number of rotatable bonds is 6. The molecule has 1 saturated heterocycles. The van der Waals surface area contributed by atoms with Crippen molar-refractivity contribution in [3.8, 4) is 0 Å². The minimum Gasteiger partial charge on any atom is -0.463 e. The molecule has 152 valence electrons. The van der Waals surface area contributed by atoms with Crippen LogP contribution in [0.25, 0.3) is 5.52 Å². The Morgan fingerprint density at radius 2 is 2.14 bits per heavy atom. The van der Waals surface area contributed by atoms with Crippen LogP contribution in [0.3, 0.4) is 0 Å². The number of carbonyl (C=O) groups is 2. The molecule has 1 aliphatic rings. The van der Waals surface area contributed by atoms with Gasteiger partial charge in [-0.2, -0.15) is 5.10 Å². The average molecular weight is 392 g/mol. The summed E-state index contributed by atoms with van der Waals surface area (Å²) in [6.07, 6.45) is -1.05. The first-order valence-electron chi connectivity index (χ1n) is 9.08. The zero-order valence-electron chi connectivity index (χ0n) is 16.0. The standard InChI is InChI=1S/C18H24N4O6/c1-4-5-14(24)21-17-11-6-7-13(22(11)20-9-19-17)18(3)16(26)15(25)12(28-18)8-27-10(2)23/h6-7,9,12,15-16,25-26H,4-5,8H2,1-3H3,(H,19,20,21,24)/t12-,15-,16-,18+/m1/s1. The third-order valence-electron chi connectivity index (χ3n) is 4.81. The molecule has 0 spiro atoms. The molecule has 0 unspecified atom stereocenters. The zero-order valence-corrected chi connectivity index (χ0v) is 16.0. The van der Waals surface area contributed by atoms with Crippen molar-refractivity contribution in [3.05, 3.63) is 24.2 Å². The normalized spacial score (nSPS) is 27.1. The van der Waals surface area contributed by atoms with E-state index in [-0.39, 0.29) is 12.5 Å². The number of hydrogen-bond donors (Lipinski definition) is 3. The Hall–Kier alpha value is -2.56. The maximum Gasteiger partial charge on any atom is 0.302 e. The number of ether oxygens (including phenoxy) is 2. The van der Waals surface area contributed by atoms with Gasteiger partial charge in [0.2, 0.25) is 5.91 Å². The van der Waals surface area contributed by atoms with Crippen LogP contribution in [0.5, 0.6) is 0 Å².